The summed E-state index contributed by atoms with van der Waals surface area (Å²) < 4.78 is 9.02. The van der Waals surface area contributed by atoms with Gasteiger partial charge in [-0.1, -0.05) is 0 Å². The molecule has 4 rings (SSSR count). The summed E-state index contributed by atoms with van der Waals surface area (Å²) in [5.74, 6) is 2.59. The maximum atomic E-state index is 11.0. The first-order valence-corrected chi connectivity index (χ1v) is 8.90. The van der Waals surface area contributed by atoms with E-state index in [0.29, 0.717) is 13.1 Å². The number of aromatic nitrogens is 8. The third-order valence-electron chi connectivity index (χ3n) is 4.15. The van der Waals surface area contributed by atoms with Crippen molar-refractivity contribution in [2.75, 3.05) is 7.11 Å². The number of aryl methyl sites for hydroxylation is 2. The molecule has 1 N–H and O–H groups in total. The van der Waals surface area contributed by atoms with Crippen molar-refractivity contribution in [3.63, 3.8) is 0 Å². The van der Waals surface area contributed by atoms with Crippen LogP contribution < -0.4 is 10.2 Å². The third-order valence-corrected chi connectivity index (χ3v) is 4.15. The van der Waals surface area contributed by atoms with Crippen LogP contribution in [0.1, 0.15) is 23.0 Å². The van der Waals surface area contributed by atoms with Crippen molar-refractivity contribution in [1.29, 1.82) is 0 Å². The van der Waals surface area contributed by atoms with Crippen molar-refractivity contribution in [2.45, 2.75) is 26.9 Å². The zero-order valence-electron chi connectivity index (χ0n) is 16.5. The molecular formula is C19H22N8O2. The largest absolute Gasteiger partial charge is 0.495 e. The van der Waals surface area contributed by atoms with E-state index in [9.17, 15) is 4.79 Å². The van der Waals surface area contributed by atoms with E-state index < -0.39 is 0 Å². The molecule has 0 spiro atoms. The quantitative estimate of drug-likeness (QED) is 0.543. The zero-order chi connectivity index (χ0) is 20.6. The van der Waals surface area contributed by atoms with Crippen LogP contribution in [0.5, 0.6) is 5.75 Å². The minimum absolute atomic E-state index is 0.0866. The minimum Gasteiger partial charge on any atom is -0.495 e. The van der Waals surface area contributed by atoms with E-state index in [4.69, 9.17) is 4.74 Å². The molecule has 0 radical (unpaired) electrons. The maximum absolute atomic E-state index is 11.0. The number of H-pyrrole nitrogens is 1. The molecule has 0 aliphatic carbocycles. The summed E-state index contributed by atoms with van der Waals surface area (Å²) in [5, 5.41) is 14.4. The topological polar surface area (TPSA) is 116 Å². The highest BCUT2D eigenvalue weighted by atomic mass is 16.5. The number of imidazole rings is 2. The Morgan fingerprint density at radius 3 is 2.28 bits per heavy atom. The van der Waals surface area contributed by atoms with Crippen molar-refractivity contribution >= 4 is 0 Å². The highest BCUT2D eigenvalue weighted by Crippen LogP contribution is 2.09. The van der Waals surface area contributed by atoms with Crippen LogP contribution in [0.25, 0.3) is 0 Å². The molecule has 0 unspecified atom stereocenters. The maximum Gasteiger partial charge on any atom is 0.200 e. The Balaban J connectivity index is 0.000000166. The lowest BCUT2D eigenvalue weighted by Gasteiger charge is -2.04. The molecule has 0 saturated carbocycles. The number of rotatable bonds is 5. The Labute approximate surface area is 167 Å². The Bertz CT molecular complexity index is 1110. The Hall–Kier alpha value is -3.82. The first-order valence-electron chi connectivity index (χ1n) is 8.90. The van der Waals surface area contributed by atoms with E-state index in [1.54, 1.807) is 25.7 Å². The van der Waals surface area contributed by atoms with Gasteiger partial charge in [0, 0.05) is 36.9 Å². The van der Waals surface area contributed by atoms with Crippen molar-refractivity contribution < 1.29 is 4.74 Å². The predicted molar refractivity (Wildman–Crippen MR) is 106 cm³/mol. The molecule has 0 fully saturated rings. The van der Waals surface area contributed by atoms with E-state index in [0.717, 1.165) is 28.8 Å². The van der Waals surface area contributed by atoms with Crippen molar-refractivity contribution in [2.24, 2.45) is 0 Å². The van der Waals surface area contributed by atoms with Gasteiger partial charge in [0.25, 0.3) is 0 Å². The lowest BCUT2D eigenvalue weighted by atomic mass is 10.3. The monoisotopic (exact) mass is 394 g/mol. The fraction of sp³-hybridized carbons (Fsp3) is 0.263. The number of methoxy groups -OCH3 is 1. The SMILES string of the molecule is COc1cnnc(Cn2ccnc2C)c1.Cc1nccn1Cc1cc(=O)cn[nH]1. The number of hydrogen-bond donors (Lipinski definition) is 1. The van der Waals surface area contributed by atoms with Gasteiger partial charge in [0.2, 0.25) is 0 Å². The van der Waals surface area contributed by atoms with Crippen LogP contribution in [0.15, 0.2) is 54.1 Å². The zero-order valence-corrected chi connectivity index (χ0v) is 16.5. The van der Waals surface area contributed by atoms with E-state index >= 15 is 0 Å². The van der Waals surface area contributed by atoms with Gasteiger partial charge in [-0.15, -0.1) is 0 Å². The number of aromatic amines is 1. The second-order valence-corrected chi connectivity index (χ2v) is 6.23. The summed E-state index contributed by atoms with van der Waals surface area (Å²) in [4.78, 5) is 19.2. The number of nitrogens with zero attached hydrogens (tertiary/aromatic N) is 7. The van der Waals surface area contributed by atoms with Gasteiger partial charge in [0.15, 0.2) is 5.43 Å². The first kappa shape index (κ1) is 19.9. The van der Waals surface area contributed by atoms with Gasteiger partial charge in [-0.2, -0.15) is 15.3 Å². The molecule has 29 heavy (non-hydrogen) atoms. The Morgan fingerprint density at radius 1 is 1.00 bits per heavy atom. The molecule has 0 bridgehead atoms. The van der Waals surface area contributed by atoms with Crippen molar-refractivity contribution in [1.82, 2.24) is 39.5 Å². The average molecular weight is 394 g/mol. The molecule has 4 aromatic heterocycles. The molecule has 0 aromatic carbocycles. The van der Waals surface area contributed by atoms with Crippen LogP contribution in [0, 0.1) is 13.8 Å². The highest BCUT2D eigenvalue weighted by Gasteiger charge is 2.02. The fourth-order valence-electron chi connectivity index (χ4n) is 2.58. The van der Waals surface area contributed by atoms with E-state index in [-0.39, 0.29) is 5.43 Å². The van der Waals surface area contributed by atoms with Crippen molar-refractivity contribution in [3.8, 4) is 5.75 Å². The lowest BCUT2D eigenvalue weighted by molar-refractivity contribution is 0.410. The number of ether oxygens (including phenoxy) is 1. The fourth-order valence-corrected chi connectivity index (χ4v) is 2.58. The summed E-state index contributed by atoms with van der Waals surface area (Å²) in [6, 6.07) is 3.40. The van der Waals surface area contributed by atoms with Gasteiger partial charge in [-0.25, -0.2) is 9.97 Å². The summed E-state index contributed by atoms with van der Waals surface area (Å²) >= 11 is 0. The van der Waals surface area contributed by atoms with Gasteiger partial charge in [0.1, 0.15) is 17.4 Å². The van der Waals surface area contributed by atoms with Gasteiger partial charge in [-0.05, 0) is 13.8 Å². The van der Waals surface area contributed by atoms with Crippen molar-refractivity contribution in [3.05, 3.63) is 82.6 Å². The summed E-state index contributed by atoms with van der Waals surface area (Å²) in [6.07, 6.45) is 10.1. The average Bonchev–Trinajstić information content (AvgIpc) is 3.31. The molecule has 0 amide bonds. The lowest BCUT2D eigenvalue weighted by Crippen LogP contribution is -2.09. The normalized spacial score (nSPS) is 10.3. The van der Waals surface area contributed by atoms with Gasteiger partial charge in [0.05, 0.1) is 44.0 Å². The van der Waals surface area contributed by atoms with Crippen LogP contribution >= 0.6 is 0 Å². The van der Waals surface area contributed by atoms with Gasteiger partial charge >= 0.3 is 0 Å². The Morgan fingerprint density at radius 2 is 1.69 bits per heavy atom. The Kier molecular flexibility index (Phi) is 6.46. The molecule has 0 atom stereocenters. The summed E-state index contributed by atoms with van der Waals surface area (Å²) in [5.41, 5.74) is 1.55. The molecule has 10 heteroatoms. The van der Waals surface area contributed by atoms with Crippen LogP contribution in [-0.2, 0) is 13.1 Å². The van der Waals surface area contributed by atoms with Gasteiger partial charge in [-0.3, -0.25) is 9.89 Å². The predicted octanol–water partition coefficient (Wildman–Crippen LogP) is 1.36. The molecule has 0 aliphatic heterocycles. The minimum atomic E-state index is -0.0866. The number of nitrogens with one attached hydrogen (secondary N) is 1. The van der Waals surface area contributed by atoms with Crippen LogP contribution in [0.4, 0.5) is 0 Å². The summed E-state index contributed by atoms with van der Waals surface area (Å²) in [7, 11) is 1.61. The molecule has 4 heterocycles. The standard InChI is InChI=1S/C10H12N4O.C9H10N4O/c1-8-11-3-4-14(8)7-9-5-10(15-2)6-12-13-9;1-7-10-2-3-13(7)6-8-4-9(14)5-11-12-8/h3-6H,7H2,1-2H3;2-5H,6H2,1H3,(H,12,14). The van der Waals surface area contributed by atoms with E-state index in [1.807, 2.05) is 41.4 Å². The molecule has 10 nitrogen and oxygen atoms in total. The van der Waals surface area contributed by atoms with Crippen LogP contribution in [0.2, 0.25) is 0 Å². The highest BCUT2D eigenvalue weighted by molar-refractivity contribution is 5.19. The second-order valence-electron chi connectivity index (χ2n) is 6.23. The van der Waals surface area contributed by atoms with E-state index in [1.165, 1.54) is 12.3 Å². The molecule has 4 aromatic rings. The second kappa shape index (κ2) is 9.40. The summed E-state index contributed by atoms with van der Waals surface area (Å²) in [6.45, 7) is 5.12. The molecule has 0 saturated heterocycles. The van der Waals surface area contributed by atoms with E-state index in [2.05, 4.69) is 30.4 Å². The van der Waals surface area contributed by atoms with Crippen LogP contribution in [-0.4, -0.2) is 46.6 Å². The number of hydrogen-bond acceptors (Lipinski definition) is 7. The third kappa shape index (κ3) is 5.58. The first-order chi connectivity index (χ1) is 14.0. The molecular weight excluding hydrogens is 372 g/mol. The molecule has 0 aliphatic rings. The van der Waals surface area contributed by atoms with Gasteiger partial charge < -0.3 is 13.9 Å². The van der Waals surface area contributed by atoms with Crippen LogP contribution in [0.3, 0.4) is 0 Å². The molecule has 150 valence electrons. The smallest absolute Gasteiger partial charge is 0.200 e.